The van der Waals surface area contributed by atoms with Crippen molar-refractivity contribution < 1.29 is 14.3 Å². The first-order chi connectivity index (χ1) is 10.0. The average molecular weight is 296 g/mol. The maximum absolute atomic E-state index is 12.2. The van der Waals surface area contributed by atoms with Gasteiger partial charge in [-0.3, -0.25) is 4.79 Å². The van der Waals surface area contributed by atoms with E-state index in [0.29, 0.717) is 37.7 Å². The van der Waals surface area contributed by atoms with Crippen LogP contribution in [0.3, 0.4) is 0 Å². The Morgan fingerprint density at radius 2 is 2.00 bits per heavy atom. The van der Waals surface area contributed by atoms with E-state index in [1.165, 1.54) is 6.42 Å². The van der Waals surface area contributed by atoms with Crippen molar-refractivity contribution in [2.75, 3.05) is 46.5 Å². The molecular weight excluding hydrogens is 268 g/mol. The van der Waals surface area contributed by atoms with Crippen LogP contribution >= 0.6 is 0 Å². The number of hydrogen-bond acceptors (Lipinski definition) is 4. The third kappa shape index (κ3) is 2.71. The summed E-state index contributed by atoms with van der Waals surface area (Å²) in [5, 5.41) is 0. The van der Waals surface area contributed by atoms with Crippen molar-refractivity contribution in [2.24, 2.45) is 11.3 Å². The molecule has 0 aromatic heterocycles. The van der Waals surface area contributed by atoms with Crippen molar-refractivity contribution in [2.45, 2.75) is 38.8 Å². The second-order valence-corrected chi connectivity index (χ2v) is 7.23. The second-order valence-electron chi connectivity index (χ2n) is 7.23. The molecule has 1 amide bonds. The molecular formula is C16H28N2O3. The zero-order valence-electron chi connectivity index (χ0n) is 13.5. The quantitative estimate of drug-likeness (QED) is 0.775. The first-order valence-electron chi connectivity index (χ1n) is 8.19. The molecule has 3 rings (SSSR count). The number of fused-ring (bicyclic) bond motifs is 1. The van der Waals surface area contributed by atoms with Crippen LogP contribution < -0.4 is 0 Å². The van der Waals surface area contributed by atoms with Gasteiger partial charge in [0.2, 0.25) is 5.91 Å². The number of morpholine rings is 1. The van der Waals surface area contributed by atoms with Crippen LogP contribution in [0.4, 0.5) is 0 Å². The van der Waals surface area contributed by atoms with E-state index in [1.54, 1.807) is 0 Å². The Bertz CT molecular complexity index is 393. The van der Waals surface area contributed by atoms with Gasteiger partial charge in [-0.1, -0.05) is 13.8 Å². The maximum atomic E-state index is 12.2. The van der Waals surface area contributed by atoms with Gasteiger partial charge in [-0.25, -0.2) is 0 Å². The van der Waals surface area contributed by atoms with Crippen molar-refractivity contribution in [3.05, 3.63) is 0 Å². The fourth-order valence-corrected chi connectivity index (χ4v) is 4.57. The highest BCUT2D eigenvalue weighted by atomic mass is 16.5. The lowest BCUT2D eigenvalue weighted by atomic mass is 9.57. The Morgan fingerprint density at radius 1 is 1.29 bits per heavy atom. The van der Waals surface area contributed by atoms with E-state index >= 15 is 0 Å². The Kier molecular flexibility index (Phi) is 4.26. The molecule has 0 aromatic carbocycles. The minimum absolute atomic E-state index is 0.206. The molecule has 0 N–H and O–H groups in total. The van der Waals surface area contributed by atoms with Gasteiger partial charge in [0.1, 0.15) is 0 Å². The summed E-state index contributed by atoms with van der Waals surface area (Å²) in [6.07, 6.45) is 2.20. The smallest absolute Gasteiger partial charge is 0.224 e. The third-order valence-electron chi connectivity index (χ3n) is 5.56. The van der Waals surface area contributed by atoms with Crippen LogP contribution in [0.15, 0.2) is 0 Å². The predicted octanol–water partition coefficient (Wildman–Crippen LogP) is 0.981. The third-order valence-corrected chi connectivity index (χ3v) is 5.56. The molecule has 5 nitrogen and oxygen atoms in total. The first kappa shape index (κ1) is 15.3. The molecule has 5 heteroatoms. The number of hydrogen-bond donors (Lipinski definition) is 0. The lowest BCUT2D eigenvalue weighted by molar-refractivity contribution is -0.152. The van der Waals surface area contributed by atoms with Gasteiger partial charge in [-0.2, -0.15) is 0 Å². The van der Waals surface area contributed by atoms with E-state index in [9.17, 15) is 4.79 Å². The average Bonchev–Trinajstić information content (AvgIpc) is 2.91. The van der Waals surface area contributed by atoms with Gasteiger partial charge < -0.3 is 19.3 Å². The second kappa shape index (κ2) is 5.86. The fourth-order valence-electron chi connectivity index (χ4n) is 4.57. The van der Waals surface area contributed by atoms with Gasteiger partial charge in [0, 0.05) is 50.0 Å². The minimum Gasteiger partial charge on any atom is -0.378 e. The molecule has 0 aromatic rings. The first-order valence-corrected chi connectivity index (χ1v) is 8.19. The summed E-state index contributed by atoms with van der Waals surface area (Å²) in [4.78, 5) is 16.6. The largest absolute Gasteiger partial charge is 0.378 e. The van der Waals surface area contributed by atoms with Crippen molar-refractivity contribution in [3.63, 3.8) is 0 Å². The summed E-state index contributed by atoms with van der Waals surface area (Å²) >= 11 is 0. The predicted molar refractivity (Wildman–Crippen MR) is 80.1 cm³/mol. The van der Waals surface area contributed by atoms with Gasteiger partial charge in [0.25, 0.3) is 0 Å². The number of carbonyl (C=O) groups is 1. The Morgan fingerprint density at radius 3 is 2.71 bits per heavy atom. The van der Waals surface area contributed by atoms with Crippen molar-refractivity contribution in [3.8, 4) is 0 Å². The maximum Gasteiger partial charge on any atom is 0.224 e. The summed E-state index contributed by atoms with van der Waals surface area (Å²) in [5.41, 5.74) is 0.206. The highest BCUT2D eigenvalue weighted by Crippen LogP contribution is 2.54. The molecule has 0 spiro atoms. The van der Waals surface area contributed by atoms with Crippen LogP contribution in [-0.2, 0) is 14.3 Å². The van der Waals surface area contributed by atoms with E-state index in [0.717, 1.165) is 26.2 Å². The van der Waals surface area contributed by atoms with E-state index < -0.39 is 0 Å². The van der Waals surface area contributed by atoms with E-state index in [2.05, 4.69) is 25.8 Å². The van der Waals surface area contributed by atoms with Crippen molar-refractivity contribution in [1.82, 2.24) is 9.80 Å². The van der Waals surface area contributed by atoms with Crippen LogP contribution in [-0.4, -0.2) is 74.4 Å². The summed E-state index contributed by atoms with van der Waals surface area (Å²) in [6.45, 7) is 9.18. The topological polar surface area (TPSA) is 42.0 Å². The normalized spacial score (nSPS) is 34.7. The minimum atomic E-state index is 0.206. The molecule has 0 bridgehead atoms. The highest BCUT2D eigenvalue weighted by Gasteiger charge is 2.60. The summed E-state index contributed by atoms with van der Waals surface area (Å²) in [5.74, 6) is 0.921. The number of rotatable bonds is 4. The highest BCUT2D eigenvalue weighted by molar-refractivity contribution is 5.76. The van der Waals surface area contributed by atoms with Gasteiger partial charge in [0.15, 0.2) is 0 Å². The molecule has 1 saturated carbocycles. The number of carbonyl (C=O) groups excluding carboxylic acids is 1. The van der Waals surface area contributed by atoms with E-state index in [-0.39, 0.29) is 11.3 Å². The molecule has 1 aliphatic carbocycles. The van der Waals surface area contributed by atoms with E-state index in [4.69, 9.17) is 9.47 Å². The Hall–Kier alpha value is -0.650. The van der Waals surface area contributed by atoms with Gasteiger partial charge >= 0.3 is 0 Å². The van der Waals surface area contributed by atoms with Gasteiger partial charge in [0.05, 0.1) is 19.3 Å². The van der Waals surface area contributed by atoms with Crippen LogP contribution in [0.25, 0.3) is 0 Å². The molecule has 2 saturated heterocycles. The summed E-state index contributed by atoms with van der Waals surface area (Å²) in [6, 6.07) is 0.544. The molecule has 0 radical (unpaired) electrons. The molecule has 3 fully saturated rings. The summed E-state index contributed by atoms with van der Waals surface area (Å²) in [7, 11) is 2.16. The zero-order valence-corrected chi connectivity index (χ0v) is 13.5. The molecule has 3 atom stereocenters. The van der Waals surface area contributed by atoms with Crippen molar-refractivity contribution in [1.29, 1.82) is 0 Å². The van der Waals surface area contributed by atoms with E-state index in [1.807, 2.05) is 4.90 Å². The summed E-state index contributed by atoms with van der Waals surface area (Å²) < 4.78 is 11.1. The molecule has 2 aliphatic heterocycles. The van der Waals surface area contributed by atoms with Crippen LogP contribution in [0.2, 0.25) is 0 Å². The Balaban J connectivity index is 1.50. The lowest BCUT2D eigenvalue weighted by Crippen LogP contribution is -2.66. The molecule has 0 unspecified atom stereocenters. The standard InChI is InChI=1S/C16H28N2O3/c1-16(2)14(12-5-9-21-15(12)16)17(3)6-4-13(19)18-7-10-20-11-8-18/h12,14-15H,4-11H2,1-3H3/t12-,14+,15-/m0/s1. The monoisotopic (exact) mass is 296 g/mol. The Labute approximate surface area is 127 Å². The van der Waals surface area contributed by atoms with Crippen molar-refractivity contribution >= 4 is 5.91 Å². The van der Waals surface area contributed by atoms with Crippen LogP contribution in [0.5, 0.6) is 0 Å². The van der Waals surface area contributed by atoms with Gasteiger partial charge in [-0.15, -0.1) is 0 Å². The fraction of sp³-hybridized carbons (Fsp3) is 0.938. The molecule has 2 heterocycles. The molecule has 120 valence electrons. The van der Waals surface area contributed by atoms with Crippen LogP contribution in [0, 0.1) is 11.3 Å². The molecule has 21 heavy (non-hydrogen) atoms. The van der Waals surface area contributed by atoms with Crippen LogP contribution in [0.1, 0.15) is 26.7 Å². The zero-order chi connectivity index (χ0) is 15.0. The lowest BCUT2D eigenvalue weighted by Gasteiger charge is -2.58. The number of amides is 1. The molecule has 3 aliphatic rings. The number of ether oxygens (including phenoxy) is 2. The number of nitrogens with zero attached hydrogens (tertiary/aromatic N) is 2. The SMILES string of the molecule is CN(CCC(=O)N1CCOCC1)[C@@H]1[C@@H]2CCO[C@@H]2C1(C)C. The van der Waals surface area contributed by atoms with Gasteiger partial charge in [-0.05, 0) is 13.5 Å².